The molecule has 130 valence electrons. The van der Waals surface area contributed by atoms with Crippen molar-refractivity contribution in [2.75, 3.05) is 6.61 Å². The molecule has 0 fully saturated rings. The lowest BCUT2D eigenvalue weighted by molar-refractivity contribution is 0.298. The summed E-state index contributed by atoms with van der Waals surface area (Å²) in [5.74, 6) is 0.867. The van der Waals surface area contributed by atoms with Gasteiger partial charge in [0.2, 0.25) is 0 Å². The van der Waals surface area contributed by atoms with Crippen LogP contribution in [0.4, 0.5) is 0 Å². The molecule has 2 heterocycles. The molecular formula is C20H18N4OS. The van der Waals surface area contributed by atoms with Gasteiger partial charge >= 0.3 is 0 Å². The Morgan fingerprint density at radius 1 is 0.962 bits per heavy atom. The van der Waals surface area contributed by atoms with E-state index in [1.54, 1.807) is 22.2 Å². The zero-order chi connectivity index (χ0) is 17.6. The molecule has 26 heavy (non-hydrogen) atoms. The van der Waals surface area contributed by atoms with Gasteiger partial charge in [-0.2, -0.15) is 0 Å². The predicted molar refractivity (Wildman–Crippen MR) is 103 cm³/mol. The standard InChI is InChI=1S/C20H18N4OS/c1-2-5-17(6-3-1)20-22-19(15-26-20)16-7-9-18(10-8-16)25-14-4-12-24-13-11-21-23-24/h1-3,5-11,13,15H,4,12,14H2. The summed E-state index contributed by atoms with van der Waals surface area (Å²) in [5, 5.41) is 10.9. The zero-order valence-electron chi connectivity index (χ0n) is 14.2. The summed E-state index contributed by atoms with van der Waals surface area (Å²) in [5.41, 5.74) is 3.24. The number of ether oxygens (including phenoxy) is 1. The van der Waals surface area contributed by atoms with Crippen LogP contribution >= 0.6 is 11.3 Å². The molecule has 4 rings (SSSR count). The van der Waals surface area contributed by atoms with Crippen LogP contribution in [0.2, 0.25) is 0 Å². The maximum absolute atomic E-state index is 5.79. The lowest BCUT2D eigenvalue weighted by Crippen LogP contribution is -2.05. The van der Waals surface area contributed by atoms with Crippen LogP contribution in [0.1, 0.15) is 6.42 Å². The highest BCUT2D eigenvalue weighted by Gasteiger charge is 2.06. The number of rotatable bonds is 7. The van der Waals surface area contributed by atoms with Crippen LogP contribution in [0.3, 0.4) is 0 Å². The average molecular weight is 362 g/mol. The van der Waals surface area contributed by atoms with Crippen LogP contribution in [0.5, 0.6) is 5.75 Å². The van der Waals surface area contributed by atoms with E-state index in [9.17, 15) is 0 Å². The minimum absolute atomic E-state index is 0.647. The Balaban J connectivity index is 1.35. The van der Waals surface area contributed by atoms with Crippen molar-refractivity contribution >= 4 is 11.3 Å². The topological polar surface area (TPSA) is 52.8 Å². The Bertz CT molecular complexity index is 934. The molecule has 0 aliphatic rings. The van der Waals surface area contributed by atoms with Gasteiger partial charge in [-0.1, -0.05) is 35.5 Å². The van der Waals surface area contributed by atoms with Crippen molar-refractivity contribution in [2.45, 2.75) is 13.0 Å². The second kappa shape index (κ2) is 7.93. The van der Waals surface area contributed by atoms with Gasteiger partial charge in [0.25, 0.3) is 0 Å². The highest BCUT2D eigenvalue weighted by atomic mass is 32.1. The van der Waals surface area contributed by atoms with Gasteiger partial charge in [-0.05, 0) is 24.3 Å². The van der Waals surface area contributed by atoms with E-state index in [1.165, 1.54) is 0 Å². The van der Waals surface area contributed by atoms with Crippen molar-refractivity contribution in [3.8, 4) is 27.6 Å². The van der Waals surface area contributed by atoms with E-state index < -0.39 is 0 Å². The first kappa shape index (κ1) is 16.5. The van der Waals surface area contributed by atoms with Crippen LogP contribution in [-0.2, 0) is 6.54 Å². The molecule has 0 saturated carbocycles. The third-order valence-electron chi connectivity index (χ3n) is 3.95. The summed E-state index contributed by atoms with van der Waals surface area (Å²) in [6.45, 7) is 1.45. The van der Waals surface area contributed by atoms with Gasteiger partial charge in [-0.3, -0.25) is 4.68 Å². The molecule has 5 nitrogen and oxygen atoms in total. The largest absolute Gasteiger partial charge is 0.494 e. The first-order chi connectivity index (χ1) is 12.9. The Morgan fingerprint density at radius 2 is 1.81 bits per heavy atom. The van der Waals surface area contributed by atoms with Gasteiger partial charge in [0, 0.05) is 35.7 Å². The number of hydrogen-bond donors (Lipinski definition) is 0. The smallest absolute Gasteiger partial charge is 0.124 e. The molecule has 0 N–H and O–H groups in total. The summed E-state index contributed by atoms with van der Waals surface area (Å²) in [6.07, 6.45) is 4.42. The first-order valence-electron chi connectivity index (χ1n) is 8.47. The molecule has 0 spiro atoms. The monoisotopic (exact) mass is 362 g/mol. The van der Waals surface area contributed by atoms with Gasteiger partial charge in [0.05, 0.1) is 18.5 Å². The average Bonchev–Trinajstić information content (AvgIpc) is 3.39. The third kappa shape index (κ3) is 3.97. The van der Waals surface area contributed by atoms with E-state index in [0.29, 0.717) is 6.61 Å². The number of aryl methyl sites for hydroxylation is 1. The maximum atomic E-state index is 5.79. The molecule has 0 aliphatic heterocycles. The number of nitrogens with zero attached hydrogens (tertiary/aromatic N) is 4. The van der Waals surface area contributed by atoms with E-state index in [4.69, 9.17) is 9.72 Å². The summed E-state index contributed by atoms with van der Waals surface area (Å²) in [4.78, 5) is 4.75. The molecule has 4 aromatic rings. The van der Waals surface area contributed by atoms with Gasteiger partial charge in [0.15, 0.2) is 0 Å². The van der Waals surface area contributed by atoms with Crippen LogP contribution in [0.25, 0.3) is 21.8 Å². The number of benzene rings is 2. The third-order valence-corrected chi connectivity index (χ3v) is 4.84. The van der Waals surface area contributed by atoms with Crippen molar-refractivity contribution in [2.24, 2.45) is 0 Å². The molecule has 0 bridgehead atoms. The van der Waals surface area contributed by atoms with Crippen LogP contribution in [0.15, 0.2) is 72.4 Å². The predicted octanol–water partition coefficient (Wildman–Crippen LogP) is 4.54. The quantitative estimate of drug-likeness (QED) is 0.453. The van der Waals surface area contributed by atoms with Crippen molar-refractivity contribution < 1.29 is 4.74 Å². The Morgan fingerprint density at radius 3 is 2.58 bits per heavy atom. The van der Waals surface area contributed by atoms with E-state index in [2.05, 4.69) is 40.0 Å². The molecule has 0 saturated heterocycles. The number of thiazole rings is 1. The van der Waals surface area contributed by atoms with Gasteiger partial charge < -0.3 is 4.74 Å². The molecule has 0 radical (unpaired) electrons. The van der Waals surface area contributed by atoms with E-state index in [0.717, 1.165) is 40.5 Å². The Hall–Kier alpha value is -2.99. The summed E-state index contributed by atoms with van der Waals surface area (Å²) < 4.78 is 7.59. The summed E-state index contributed by atoms with van der Waals surface area (Å²) >= 11 is 1.66. The summed E-state index contributed by atoms with van der Waals surface area (Å²) in [6, 6.07) is 18.3. The number of aromatic nitrogens is 4. The normalized spacial score (nSPS) is 10.8. The lowest BCUT2D eigenvalue weighted by atomic mass is 10.1. The van der Waals surface area contributed by atoms with Crippen LogP contribution < -0.4 is 4.74 Å². The van der Waals surface area contributed by atoms with E-state index in [-0.39, 0.29) is 0 Å². The number of hydrogen-bond acceptors (Lipinski definition) is 5. The molecule has 0 amide bonds. The Labute approximate surface area is 155 Å². The SMILES string of the molecule is c1ccc(-c2nc(-c3ccc(OCCCn4ccnn4)cc3)cs2)cc1. The molecule has 0 aliphatic carbocycles. The van der Waals surface area contributed by atoms with Crippen molar-refractivity contribution in [3.63, 3.8) is 0 Å². The van der Waals surface area contributed by atoms with Gasteiger partial charge in [-0.15, -0.1) is 16.4 Å². The van der Waals surface area contributed by atoms with Crippen molar-refractivity contribution in [1.29, 1.82) is 0 Å². The molecule has 6 heteroatoms. The molecule has 0 atom stereocenters. The van der Waals surface area contributed by atoms with Gasteiger partial charge in [-0.25, -0.2) is 4.98 Å². The second-order valence-corrected chi connectivity index (χ2v) is 6.65. The second-order valence-electron chi connectivity index (χ2n) is 5.80. The minimum atomic E-state index is 0.647. The molecular weight excluding hydrogens is 344 g/mol. The fourth-order valence-electron chi connectivity index (χ4n) is 2.61. The highest BCUT2D eigenvalue weighted by molar-refractivity contribution is 7.13. The fourth-order valence-corrected chi connectivity index (χ4v) is 3.45. The van der Waals surface area contributed by atoms with E-state index in [1.807, 2.05) is 36.5 Å². The molecule has 2 aromatic carbocycles. The fraction of sp³-hybridized carbons (Fsp3) is 0.150. The minimum Gasteiger partial charge on any atom is -0.494 e. The van der Waals surface area contributed by atoms with Crippen LogP contribution in [-0.4, -0.2) is 26.6 Å². The van der Waals surface area contributed by atoms with Crippen molar-refractivity contribution in [1.82, 2.24) is 20.0 Å². The Kier molecular flexibility index (Phi) is 5.02. The first-order valence-corrected chi connectivity index (χ1v) is 9.35. The molecule has 0 unspecified atom stereocenters. The van der Waals surface area contributed by atoms with E-state index >= 15 is 0 Å². The van der Waals surface area contributed by atoms with Gasteiger partial charge in [0.1, 0.15) is 10.8 Å². The van der Waals surface area contributed by atoms with Crippen LogP contribution in [0, 0.1) is 0 Å². The molecule has 2 aromatic heterocycles. The maximum Gasteiger partial charge on any atom is 0.124 e. The highest BCUT2D eigenvalue weighted by Crippen LogP contribution is 2.29. The summed E-state index contributed by atoms with van der Waals surface area (Å²) in [7, 11) is 0. The lowest BCUT2D eigenvalue weighted by Gasteiger charge is -2.06. The zero-order valence-corrected chi connectivity index (χ0v) is 15.0. The van der Waals surface area contributed by atoms with Crippen molar-refractivity contribution in [3.05, 3.63) is 72.4 Å².